The zero-order chi connectivity index (χ0) is 6.97. The van der Waals surface area contributed by atoms with Crippen LogP contribution in [0.4, 0.5) is 5.69 Å². The standard InChI is InChI=1S/C6H7NS3/c8-10-7-5-3-1-2-4-6(5)9-10/h1-4,7-8,10H. The molecule has 0 spiro atoms. The Morgan fingerprint density at radius 3 is 3.00 bits per heavy atom. The summed E-state index contributed by atoms with van der Waals surface area (Å²) in [5.74, 6) is 0. The van der Waals surface area contributed by atoms with Gasteiger partial charge < -0.3 is 4.72 Å². The Labute approximate surface area is 71.3 Å². The summed E-state index contributed by atoms with van der Waals surface area (Å²) in [6.07, 6.45) is 0. The zero-order valence-electron chi connectivity index (χ0n) is 5.11. The predicted octanol–water partition coefficient (Wildman–Crippen LogP) is 2.88. The molecule has 0 fully saturated rings. The number of hydrogen-bond acceptors (Lipinski definition) is 3. The van der Waals surface area contributed by atoms with E-state index in [4.69, 9.17) is 0 Å². The van der Waals surface area contributed by atoms with Crippen LogP contribution in [-0.4, -0.2) is 0 Å². The summed E-state index contributed by atoms with van der Waals surface area (Å²) in [4.78, 5) is 1.32. The van der Waals surface area contributed by atoms with Crippen LogP contribution in [-0.2, 0) is 0 Å². The number of benzene rings is 1. The van der Waals surface area contributed by atoms with Crippen molar-refractivity contribution in [1.29, 1.82) is 0 Å². The first kappa shape index (κ1) is 6.76. The number of hydrogen-bond donors (Lipinski definition) is 3. The van der Waals surface area contributed by atoms with Crippen LogP contribution in [0, 0.1) is 0 Å². The topological polar surface area (TPSA) is 12.0 Å². The second kappa shape index (κ2) is 2.60. The first-order valence-corrected chi connectivity index (χ1v) is 6.80. The van der Waals surface area contributed by atoms with Gasteiger partial charge in [-0.25, -0.2) is 0 Å². The third-order valence-electron chi connectivity index (χ3n) is 1.29. The van der Waals surface area contributed by atoms with Gasteiger partial charge in [-0.05, 0) is 22.9 Å². The number of nitrogens with one attached hydrogen (secondary N) is 1. The fraction of sp³-hybridized carbons (Fsp3) is 0. The molecule has 1 aliphatic rings. The smallest absolute Gasteiger partial charge is 0.0584 e. The Hall–Kier alpha value is 0.0700. The summed E-state index contributed by atoms with van der Waals surface area (Å²) in [7, 11) is 1.48. The fourth-order valence-corrected chi connectivity index (χ4v) is 4.51. The molecule has 1 aromatic carbocycles. The molecule has 4 heteroatoms. The molecule has 1 unspecified atom stereocenters. The minimum Gasteiger partial charge on any atom is -0.332 e. The van der Waals surface area contributed by atoms with E-state index >= 15 is 0 Å². The van der Waals surface area contributed by atoms with Gasteiger partial charge in [-0.3, -0.25) is 0 Å². The van der Waals surface area contributed by atoms with Crippen molar-refractivity contribution in [3.8, 4) is 0 Å². The summed E-state index contributed by atoms with van der Waals surface area (Å²) in [6, 6.07) is 8.29. The lowest BCUT2D eigenvalue weighted by Gasteiger charge is -2.02. The Balaban J connectivity index is 2.42. The molecule has 0 radical (unpaired) electrons. The minimum atomic E-state index is -0.331. The van der Waals surface area contributed by atoms with Gasteiger partial charge in [0.05, 0.1) is 5.69 Å². The van der Waals surface area contributed by atoms with Crippen molar-refractivity contribution in [1.82, 2.24) is 0 Å². The molecule has 1 aromatic rings. The molecule has 0 saturated heterocycles. The molecule has 2 rings (SSSR count). The van der Waals surface area contributed by atoms with Crippen molar-refractivity contribution in [3.63, 3.8) is 0 Å². The summed E-state index contributed by atoms with van der Waals surface area (Å²) >= 11 is 4.35. The quantitative estimate of drug-likeness (QED) is 0.428. The summed E-state index contributed by atoms with van der Waals surface area (Å²) in [6.45, 7) is 0. The maximum atomic E-state index is 4.35. The molecule has 1 atom stereocenters. The highest BCUT2D eigenvalue weighted by molar-refractivity contribution is 9.14. The van der Waals surface area contributed by atoms with Crippen molar-refractivity contribution in [3.05, 3.63) is 24.3 Å². The van der Waals surface area contributed by atoms with Crippen molar-refractivity contribution in [2.75, 3.05) is 4.72 Å². The van der Waals surface area contributed by atoms with E-state index in [1.807, 2.05) is 16.9 Å². The van der Waals surface area contributed by atoms with Gasteiger partial charge in [0.1, 0.15) is 0 Å². The second-order valence-corrected chi connectivity index (χ2v) is 7.02. The van der Waals surface area contributed by atoms with Crippen molar-refractivity contribution >= 4 is 37.3 Å². The van der Waals surface area contributed by atoms with Gasteiger partial charge >= 0.3 is 0 Å². The largest absolute Gasteiger partial charge is 0.332 e. The molecule has 54 valence electrons. The Morgan fingerprint density at radius 1 is 1.40 bits per heavy atom. The Kier molecular flexibility index (Phi) is 1.76. The average Bonchev–Trinajstić information content (AvgIpc) is 2.27. The van der Waals surface area contributed by atoms with Gasteiger partial charge in [-0.15, -0.1) is 11.7 Å². The highest BCUT2D eigenvalue weighted by Gasteiger charge is 2.13. The minimum absolute atomic E-state index is 0.331. The normalized spacial score (nSPS) is 25.5. The van der Waals surface area contributed by atoms with E-state index in [9.17, 15) is 0 Å². The molecular weight excluding hydrogens is 182 g/mol. The molecule has 0 aromatic heterocycles. The molecule has 1 heterocycles. The number of rotatable bonds is 0. The van der Waals surface area contributed by atoms with Crippen LogP contribution in [0.1, 0.15) is 0 Å². The molecule has 0 aliphatic carbocycles. The Morgan fingerprint density at radius 2 is 2.20 bits per heavy atom. The van der Waals surface area contributed by atoms with Gasteiger partial charge in [-0.2, -0.15) is 0 Å². The van der Waals surface area contributed by atoms with Crippen LogP contribution in [0.25, 0.3) is 0 Å². The van der Waals surface area contributed by atoms with Gasteiger partial charge in [0, 0.05) is 4.90 Å². The van der Waals surface area contributed by atoms with Crippen molar-refractivity contribution < 1.29 is 0 Å². The zero-order valence-corrected chi connectivity index (χ0v) is 7.72. The van der Waals surface area contributed by atoms with Crippen molar-refractivity contribution in [2.45, 2.75) is 4.90 Å². The SMILES string of the molecule is S[SH]1Nc2ccccc2S1. The van der Waals surface area contributed by atoms with Gasteiger partial charge in [0.15, 0.2) is 0 Å². The van der Waals surface area contributed by atoms with Crippen LogP contribution in [0.15, 0.2) is 29.2 Å². The average molecular weight is 189 g/mol. The van der Waals surface area contributed by atoms with Gasteiger partial charge in [0.25, 0.3) is 0 Å². The molecule has 1 N–H and O–H groups in total. The number of thiol groups is 2. The van der Waals surface area contributed by atoms with E-state index in [0.29, 0.717) is 0 Å². The van der Waals surface area contributed by atoms with E-state index in [1.54, 1.807) is 0 Å². The predicted molar refractivity (Wildman–Crippen MR) is 53.9 cm³/mol. The lowest BCUT2D eigenvalue weighted by molar-refractivity contribution is 1.49. The fourth-order valence-electron chi connectivity index (χ4n) is 0.858. The number of fused-ring (bicyclic) bond motifs is 1. The Bertz CT molecular complexity index is 226. The molecule has 1 nitrogen and oxygen atoms in total. The van der Waals surface area contributed by atoms with Crippen LogP contribution >= 0.6 is 31.6 Å². The van der Waals surface area contributed by atoms with E-state index in [-0.39, 0.29) is 9.15 Å². The first-order valence-electron chi connectivity index (χ1n) is 2.89. The summed E-state index contributed by atoms with van der Waals surface area (Å²) < 4.78 is 3.29. The van der Waals surface area contributed by atoms with E-state index in [0.717, 1.165) is 0 Å². The molecule has 1 aliphatic heterocycles. The van der Waals surface area contributed by atoms with Crippen LogP contribution < -0.4 is 4.72 Å². The summed E-state index contributed by atoms with van der Waals surface area (Å²) in [5, 5.41) is 0. The van der Waals surface area contributed by atoms with Gasteiger partial charge in [0.2, 0.25) is 0 Å². The highest BCUT2D eigenvalue weighted by atomic mass is 33.5. The van der Waals surface area contributed by atoms with Crippen LogP contribution in [0.5, 0.6) is 0 Å². The molecule has 0 bridgehead atoms. The maximum absolute atomic E-state index is 4.35. The third-order valence-corrected chi connectivity index (χ3v) is 4.86. The maximum Gasteiger partial charge on any atom is 0.0584 e. The number of anilines is 1. The van der Waals surface area contributed by atoms with Gasteiger partial charge in [-0.1, -0.05) is 21.3 Å². The van der Waals surface area contributed by atoms with Crippen molar-refractivity contribution in [2.24, 2.45) is 0 Å². The van der Waals surface area contributed by atoms with E-state index in [2.05, 4.69) is 34.6 Å². The highest BCUT2D eigenvalue weighted by Crippen LogP contribution is 2.57. The lowest BCUT2D eigenvalue weighted by atomic mass is 10.3. The second-order valence-electron chi connectivity index (χ2n) is 1.97. The lowest BCUT2D eigenvalue weighted by Crippen LogP contribution is -1.78. The van der Waals surface area contributed by atoms with E-state index < -0.39 is 0 Å². The first-order chi connectivity index (χ1) is 4.86. The van der Waals surface area contributed by atoms with Crippen LogP contribution in [0.3, 0.4) is 0 Å². The molecule has 0 saturated carbocycles. The molecule has 10 heavy (non-hydrogen) atoms. The van der Waals surface area contributed by atoms with E-state index in [1.165, 1.54) is 10.6 Å². The molecule has 0 amide bonds. The molecular formula is C6H7NS3. The third kappa shape index (κ3) is 1.11. The van der Waals surface area contributed by atoms with Crippen LogP contribution in [0.2, 0.25) is 0 Å². The summed E-state index contributed by atoms with van der Waals surface area (Å²) in [5.41, 5.74) is 1.23. The number of para-hydroxylation sites is 1. The monoisotopic (exact) mass is 189 g/mol.